The fraction of sp³-hybridized carbons (Fsp3) is 0.474. The predicted molar refractivity (Wildman–Crippen MR) is 92.7 cm³/mol. The van der Waals surface area contributed by atoms with Crippen molar-refractivity contribution in [3.8, 4) is 5.75 Å². The molecule has 1 atom stereocenters. The van der Waals surface area contributed by atoms with Gasteiger partial charge in [-0.25, -0.2) is 4.98 Å². The fourth-order valence-corrected chi connectivity index (χ4v) is 3.20. The van der Waals surface area contributed by atoms with E-state index < -0.39 is 0 Å². The summed E-state index contributed by atoms with van der Waals surface area (Å²) in [7, 11) is 3.20. The van der Waals surface area contributed by atoms with Crippen LogP contribution in [0.3, 0.4) is 0 Å². The van der Waals surface area contributed by atoms with E-state index in [-0.39, 0.29) is 18.4 Å². The number of piperidine rings is 1. The molecule has 0 saturated carbocycles. The molecule has 6 nitrogen and oxygen atoms in total. The molecule has 1 aliphatic heterocycles. The maximum atomic E-state index is 12.0. The SMILES string of the molecule is COCC(=O)N1CCC[C@H](c2ncc(Cc3cccc(OC)c3)o2)C1. The number of nitrogens with zero attached hydrogens (tertiary/aromatic N) is 2. The number of amides is 1. The summed E-state index contributed by atoms with van der Waals surface area (Å²) in [6.45, 7) is 1.54. The van der Waals surface area contributed by atoms with Crippen LogP contribution in [0.25, 0.3) is 0 Å². The molecule has 0 unspecified atom stereocenters. The maximum absolute atomic E-state index is 12.0. The highest BCUT2D eigenvalue weighted by Gasteiger charge is 2.27. The minimum absolute atomic E-state index is 0.0235. The van der Waals surface area contributed by atoms with E-state index in [9.17, 15) is 4.79 Å². The number of rotatable bonds is 6. The van der Waals surface area contributed by atoms with Gasteiger partial charge in [0.1, 0.15) is 18.1 Å². The molecule has 25 heavy (non-hydrogen) atoms. The number of likely N-dealkylation sites (tertiary alicyclic amines) is 1. The van der Waals surface area contributed by atoms with Crippen LogP contribution in [0, 0.1) is 0 Å². The van der Waals surface area contributed by atoms with Gasteiger partial charge in [-0.05, 0) is 30.5 Å². The second-order valence-electron chi connectivity index (χ2n) is 6.31. The van der Waals surface area contributed by atoms with Crippen LogP contribution in [0.4, 0.5) is 0 Å². The molecule has 2 aromatic rings. The summed E-state index contributed by atoms with van der Waals surface area (Å²) < 4.78 is 16.2. The number of hydrogen-bond acceptors (Lipinski definition) is 5. The van der Waals surface area contributed by atoms with Gasteiger partial charge < -0.3 is 18.8 Å². The van der Waals surface area contributed by atoms with Gasteiger partial charge in [0.05, 0.1) is 19.2 Å². The molecular weight excluding hydrogens is 320 g/mol. The van der Waals surface area contributed by atoms with E-state index in [0.29, 0.717) is 18.9 Å². The van der Waals surface area contributed by atoms with Gasteiger partial charge in [0.2, 0.25) is 5.91 Å². The van der Waals surface area contributed by atoms with E-state index in [1.165, 1.54) is 7.11 Å². The van der Waals surface area contributed by atoms with Crippen LogP contribution in [0.1, 0.15) is 36.0 Å². The number of carbonyl (C=O) groups excluding carboxylic acids is 1. The molecule has 1 saturated heterocycles. The number of hydrogen-bond donors (Lipinski definition) is 0. The third-order valence-corrected chi connectivity index (χ3v) is 4.48. The largest absolute Gasteiger partial charge is 0.497 e. The molecule has 1 fully saturated rings. The molecule has 134 valence electrons. The second kappa shape index (κ2) is 8.16. The van der Waals surface area contributed by atoms with Crippen molar-refractivity contribution in [1.29, 1.82) is 0 Å². The third kappa shape index (κ3) is 4.39. The van der Waals surface area contributed by atoms with E-state index in [1.807, 2.05) is 29.2 Å². The zero-order valence-electron chi connectivity index (χ0n) is 14.7. The molecule has 2 heterocycles. The van der Waals surface area contributed by atoms with E-state index in [4.69, 9.17) is 13.9 Å². The van der Waals surface area contributed by atoms with Gasteiger partial charge in [0, 0.05) is 26.6 Å². The van der Waals surface area contributed by atoms with Crippen LogP contribution >= 0.6 is 0 Å². The second-order valence-corrected chi connectivity index (χ2v) is 6.31. The lowest BCUT2D eigenvalue weighted by Crippen LogP contribution is -2.40. The Morgan fingerprint density at radius 1 is 1.40 bits per heavy atom. The van der Waals surface area contributed by atoms with Gasteiger partial charge in [-0.1, -0.05) is 12.1 Å². The number of benzene rings is 1. The van der Waals surface area contributed by atoms with Gasteiger partial charge in [-0.15, -0.1) is 0 Å². The monoisotopic (exact) mass is 344 g/mol. The Labute approximate surface area is 147 Å². The summed E-state index contributed by atoms with van der Waals surface area (Å²) in [4.78, 5) is 18.3. The zero-order valence-corrected chi connectivity index (χ0v) is 14.7. The van der Waals surface area contributed by atoms with Crippen molar-refractivity contribution < 1.29 is 18.7 Å². The van der Waals surface area contributed by atoms with Crippen LogP contribution < -0.4 is 4.74 Å². The fourth-order valence-electron chi connectivity index (χ4n) is 3.20. The van der Waals surface area contributed by atoms with Crippen molar-refractivity contribution in [2.24, 2.45) is 0 Å². The Kier molecular flexibility index (Phi) is 5.71. The minimum Gasteiger partial charge on any atom is -0.497 e. The quantitative estimate of drug-likeness (QED) is 0.806. The first-order valence-corrected chi connectivity index (χ1v) is 8.54. The molecule has 1 aromatic heterocycles. The van der Waals surface area contributed by atoms with Crippen LogP contribution in [-0.4, -0.2) is 49.7 Å². The first-order valence-electron chi connectivity index (χ1n) is 8.54. The first kappa shape index (κ1) is 17.5. The number of aromatic nitrogens is 1. The highest BCUT2D eigenvalue weighted by Crippen LogP contribution is 2.27. The van der Waals surface area contributed by atoms with Crippen LogP contribution in [-0.2, 0) is 16.0 Å². The average molecular weight is 344 g/mol. The van der Waals surface area contributed by atoms with Crippen molar-refractivity contribution >= 4 is 5.91 Å². The minimum atomic E-state index is 0.0235. The van der Waals surface area contributed by atoms with Crippen molar-refractivity contribution in [3.63, 3.8) is 0 Å². The molecule has 6 heteroatoms. The molecule has 0 radical (unpaired) electrons. The van der Waals surface area contributed by atoms with Crippen molar-refractivity contribution in [3.05, 3.63) is 47.7 Å². The van der Waals surface area contributed by atoms with E-state index in [0.717, 1.165) is 36.5 Å². The zero-order chi connectivity index (χ0) is 17.6. The van der Waals surface area contributed by atoms with Crippen molar-refractivity contribution in [2.75, 3.05) is 33.9 Å². The first-order chi connectivity index (χ1) is 12.2. The van der Waals surface area contributed by atoms with Gasteiger partial charge in [0.25, 0.3) is 0 Å². The standard InChI is InChI=1S/C19H24N2O4/c1-23-13-18(22)21-8-4-6-15(12-21)19-20-11-17(25-19)10-14-5-3-7-16(9-14)24-2/h3,5,7,9,11,15H,4,6,8,10,12-13H2,1-2H3/t15-/m0/s1. The summed E-state index contributed by atoms with van der Waals surface area (Å²) in [6, 6.07) is 7.92. The Morgan fingerprint density at radius 3 is 3.08 bits per heavy atom. The summed E-state index contributed by atoms with van der Waals surface area (Å²) in [5.41, 5.74) is 1.11. The summed E-state index contributed by atoms with van der Waals surface area (Å²) >= 11 is 0. The summed E-state index contributed by atoms with van der Waals surface area (Å²) in [5, 5.41) is 0. The lowest BCUT2D eigenvalue weighted by molar-refractivity contribution is -0.136. The summed E-state index contributed by atoms with van der Waals surface area (Å²) in [5.74, 6) is 2.54. The molecular formula is C19H24N2O4. The lowest BCUT2D eigenvalue weighted by Gasteiger charge is -2.31. The molecule has 0 bridgehead atoms. The average Bonchev–Trinajstić information content (AvgIpc) is 3.11. The predicted octanol–water partition coefficient (Wildman–Crippen LogP) is 2.63. The topological polar surface area (TPSA) is 64.8 Å². The normalized spacial score (nSPS) is 17.5. The van der Waals surface area contributed by atoms with Crippen LogP contribution in [0.2, 0.25) is 0 Å². The molecule has 0 aliphatic carbocycles. The molecule has 0 spiro atoms. The van der Waals surface area contributed by atoms with E-state index in [2.05, 4.69) is 4.98 Å². The molecule has 1 aromatic carbocycles. The van der Waals surface area contributed by atoms with Crippen LogP contribution in [0.15, 0.2) is 34.9 Å². The number of ether oxygens (including phenoxy) is 2. The lowest BCUT2D eigenvalue weighted by atomic mass is 9.98. The van der Waals surface area contributed by atoms with E-state index >= 15 is 0 Å². The molecule has 1 aliphatic rings. The summed E-state index contributed by atoms with van der Waals surface area (Å²) in [6.07, 6.45) is 4.39. The van der Waals surface area contributed by atoms with E-state index in [1.54, 1.807) is 13.3 Å². The molecule has 0 N–H and O–H groups in total. The highest BCUT2D eigenvalue weighted by molar-refractivity contribution is 5.77. The van der Waals surface area contributed by atoms with Gasteiger partial charge in [-0.3, -0.25) is 4.79 Å². The Hall–Kier alpha value is -2.34. The van der Waals surface area contributed by atoms with Crippen molar-refractivity contribution in [1.82, 2.24) is 9.88 Å². The highest BCUT2D eigenvalue weighted by atomic mass is 16.5. The molecule has 3 rings (SSSR count). The number of oxazole rings is 1. The number of methoxy groups -OCH3 is 2. The third-order valence-electron chi connectivity index (χ3n) is 4.48. The van der Waals surface area contributed by atoms with Crippen molar-refractivity contribution in [2.45, 2.75) is 25.2 Å². The maximum Gasteiger partial charge on any atom is 0.248 e. The number of carbonyl (C=O) groups is 1. The van der Waals surface area contributed by atoms with Crippen LogP contribution in [0.5, 0.6) is 5.75 Å². The Balaban J connectivity index is 1.65. The van der Waals surface area contributed by atoms with Gasteiger partial charge >= 0.3 is 0 Å². The van der Waals surface area contributed by atoms with Gasteiger partial charge in [0.15, 0.2) is 5.89 Å². The smallest absolute Gasteiger partial charge is 0.248 e. The van der Waals surface area contributed by atoms with Gasteiger partial charge in [-0.2, -0.15) is 0 Å². The Morgan fingerprint density at radius 2 is 2.28 bits per heavy atom. The molecule has 1 amide bonds. The Bertz CT molecular complexity index is 713.